The Bertz CT molecular complexity index is 1070. The first-order chi connectivity index (χ1) is 13.1. The van der Waals surface area contributed by atoms with Gasteiger partial charge in [0.2, 0.25) is 0 Å². The number of rotatable bonds is 6. The van der Waals surface area contributed by atoms with Crippen LogP contribution in [0.5, 0.6) is 0 Å². The summed E-state index contributed by atoms with van der Waals surface area (Å²) >= 11 is 0. The fraction of sp³-hybridized carbons (Fsp3) is 0.250. The monoisotopic (exact) mass is 362 g/mol. The number of aromatic amines is 2. The largest absolute Gasteiger partial charge is 0.348 e. The topological polar surface area (TPSA) is 91.4 Å². The standard InChI is InChI=1S/C20H22N6O/c1-13(9-16-10-14(2)22-23-16)21-20(27)18-11-17(24-25-18)12-26-8-7-15-5-3-4-6-19(15)26/h3-8,10-11,13H,9,12H2,1-2H3,(H,21,27)(H,22,23)(H,24,25)/t13-/m0/s1. The summed E-state index contributed by atoms with van der Waals surface area (Å²) in [5.74, 6) is -0.186. The van der Waals surface area contributed by atoms with Crippen molar-refractivity contribution in [1.82, 2.24) is 30.3 Å². The van der Waals surface area contributed by atoms with E-state index in [0.29, 0.717) is 18.7 Å². The normalized spacial score (nSPS) is 12.4. The van der Waals surface area contributed by atoms with Gasteiger partial charge in [-0.15, -0.1) is 0 Å². The fourth-order valence-electron chi connectivity index (χ4n) is 3.26. The molecule has 0 aliphatic heterocycles. The van der Waals surface area contributed by atoms with Crippen LogP contribution in [0.2, 0.25) is 0 Å². The van der Waals surface area contributed by atoms with Crippen molar-refractivity contribution in [2.45, 2.75) is 32.9 Å². The summed E-state index contributed by atoms with van der Waals surface area (Å²) < 4.78 is 2.13. The number of benzene rings is 1. The van der Waals surface area contributed by atoms with E-state index in [0.717, 1.165) is 22.6 Å². The van der Waals surface area contributed by atoms with Crippen molar-refractivity contribution in [1.29, 1.82) is 0 Å². The lowest BCUT2D eigenvalue weighted by atomic mass is 10.1. The number of carbonyl (C=O) groups excluding carboxylic acids is 1. The summed E-state index contributed by atoms with van der Waals surface area (Å²) in [4.78, 5) is 12.5. The lowest BCUT2D eigenvalue weighted by molar-refractivity contribution is 0.0935. The van der Waals surface area contributed by atoms with Crippen LogP contribution in [0.3, 0.4) is 0 Å². The van der Waals surface area contributed by atoms with E-state index in [-0.39, 0.29) is 11.9 Å². The van der Waals surface area contributed by atoms with E-state index in [2.05, 4.69) is 48.5 Å². The summed E-state index contributed by atoms with van der Waals surface area (Å²) in [5.41, 5.74) is 4.38. The predicted molar refractivity (Wildman–Crippen MR) is 104 cm³/mol. The van der Waals surface area contributed by atoms with Crippen molar-refractivity contribution < 1.29 is 4.79 Å². The van der Waals surface area contributed by atoms with Crippen LogP contribution in [0, 0.1) is 6.92 Å². The predicted octanol–water partition coefficient (Wildman–Crippen LogP) is 2.81. The zero-order chi connectivity index (χ0) is 18.8. The van der Waals surface area contributed by atoms with Gasteiger partial charge >= 0.3 is 0 Å². The van der Waals surface area contributed by atoms with E-state index in [4.69, 9.17) is 0 Å². The molecular formula is C20H22N6O. The van der Waals surface area contributed by atoms with Crippen molar-refractivity contribution in [2.24, 2.45) is 0 Å². The minimum absolute atomic E-state index is 0.0336. The molecule has 0 radical (unpaired) electrons. The Kier molecular flexibility index (Phi) is 4.50. The molecule has 138 valence electrons. The Balaban J connectivity index is 1.40. The highest BCUT2D eigenvalue weighted by Crippen LogP contribution is 2.16. The molecule has 3 heterocycles. The van der Waals surface area contributed by atoms with E-state index in [9.17, 15) is 4.79 Å². The number of aromatic nitrogens is 5. The average molecular weight is 362 g/mol. The molecule has 1 amide bonds. The zero-order valence-electron chi connectivity index (χ0n) is 15.4. The second kappa shape index (κ2) is 7.11. The van der Waals surface area contributed by atoms with Gasteiger partial charge in [0.25, 0.3) is 5.91 Å². The van der Waals surface area contributed by atoms with Gasteiger partial charge in [-0.25, -0.2) is 0 Å². The van der Waals surface area contributed by atoms with Crippen LogP contribution in [0.25, 0.3) is 10.9 Å². The third-order valence-electron chi connectivity index (χ3n) is 4.54. The molecule has 4 aromatic rings. The van der Waals surface area contributed by atoms with Crippen LogP contribution in [-0.4, -0.2) is 36.9 Å². The highest BCUT2D eigenvalue weighted by atomic mass is 16.2. The van der Waals surface area contributed by atoms with Gasteiger partial charge in [0, 0.05) is 29.9 Å². The fourth-order valence-corrected chi connectivity index (χ4v) is 3.26. The smallest absolute Gasteiger partial charge is 0.271 e. The average Bonchev–Trinajstić information content (AvgIpc) is 3.36. The van der Waals surface area contributed by atoms with Gasteiger partial charge < -0.3 is 9.88 Å². The van der Waals surface area contributed by atoms with E-state index >= 15 is 0 Å². The maximum absolute atomic E-state index is 12.5. The van der Waals surface area contributed by atoms with Crippen LogP contribution in [0.1, 0.15) is 34.5 Å². The van der Waals surface area contributed by atoms with Crippen LogP contribution < -0.4 is 5.32 Å². The molecule has 4 rings (SSSR count). The van der Waals surface area contributed by atoms with E-state index < -0.39 is 0 Å². The van der Waals surface area contributed by atoms with Gasteiger partial charge in [-0.3, -0.25) is 15.0 Å². The molecule has 7 nitrogen and oxygen atoms in total. The minimum atomic E-state index is -0.186. The minimum Gasteiger partial charge on any atom is -0.348 e. The van der Waals surface area contributed by atoms with Crippen LogP contribution in [0.4, 0.5) is 0 Å². The number of H-pyrrole nitrogens is 2. The SMILES string of the molecule is Cc1cc(C[C@H](C)NC(=O)c2cc(Cn3ccc4ccccc43)[nH]n2)n[nH]1. The molecule has 0 spiro atoms. The molecule has 27 heavy (non-hydrogen) atoms. The number of hydrogen-bond donors (Lipinski definition) is 3. The summed E-state index contributed by atoms with van der Waals surface area (Å²) in [5, 5.41) is 18.4. The quantitative estimate of drug-likeness (QED) is 0.492. The molecular weight excluding hydrogens is 340 g/mol. The van der Waals surface area contributed by atoms with Gasteiger partial charge in [0.05, 0.1) is 17.9 Å². The Morgan fingerprint density at radius 3 is 2.85 bits per heavy atom. The van der Waals surface area contributed by atoms with Gasteiger partial charge in [-0.1, -0.05) is 18.2 Å². The third-order valence-corrected chi connectivity index (χ3v) is 4.54. The summed E-state index contributed by atoms with van der Waals surface area (Å²) in [6, 6.07) is 14.0. The Morgan fingerprint density at radius 1 is 1.19 bits per heavy atom. The molecule has 0 fully saturated rings. The number of para-hydroxylation sites is 1. The summed E-state index contributed by atoms with van der Waals surface area (Å²) in [6.45, 7) is 4.55. The molecule has 7 heteroatoms. The Morgan fingerprint density at radius 2 is 2.04 bits per heavy atom. The molecule has 0 aliphatic carbocycles. The maximum Gasteiger partial charge on any atom is 0.271 e. The summed E-state index contributed by atoms with van der Waals surface area (Å²) in [7, 11) is 0. The molecule has 3 N–H and O–H groups in total. The number of fused-ring (bicyclic) bond motifs is 1. The molecule has 0 saturated carbocycles. The van der Waals surface area contributed by atoms with Crippen molar-refractivity contribution in [3.8, 4) is 0 Å². The second-order valence-electron chi connectivity index (χ2n) is 6.90. The first-order valence-corrected chi connectivity index (χ1v) is 8.98. The van der Waals surface area contributed by atoms with E-state index in [1.165, 1.54) is 5.39 Å². The maximum atomic E-state index is 12.5. The second-order valence-corrected chi connectivity index (χ2v) is 6.90. The first kappa shape index (κ1) is 17.1. The molecule has 1 atom stereocenters. The van der Waals surface area contributed by atoms with Gasteiger partial charge in [0.15, 0.2) is 0 Å². The van der Waals surface area contributed by atoms with Crippen LogP contribution in [-0.2, 0) is 13.0 Å². The van der Waals surface area contributed by atoms with Crippen molar-refractivity contribution in [2.75, 3.05) is 0 Å². The molecule has 0 aliphatic rings. The van der Waals surface area contributed by atoms with Crippen LogP contribution in [0.15, 0.2) is 48.7 Å². The highest BCUT2D eigenvalue weighted by Gasteiger charge is 2.15. The van der Waals surface area contributed by atoms with Gasteiger partial charge in [0.1, 0.15) is 5.69 Å². The van der Waals surface area contributed by atoms with Gasteiger partial charge in [-0.05, 0) is 43.5 Å². The van der Waals surface area contributed by atoms with E-state index in [1.54, 1.807) is 6.07 Å². The first-order valence-electron chi connectivity index (χ1n) is 8.98. The Labute approximate surface area is 156 Å². The number of amides is 1. The van der Waals surface area contributed by atoms with Crippen molar-refractivity contribution >= 4 is 16.8 Å². The zero-order valence-corrected chi connectivity index (χ0v) is 15.4. The van der Waals surface area contributed by atoms with Crippen molar-refractivity contribution in [3.63, 3.8) is 0 Å². The lowest BCUT2D eigenvalue weighted by Gasteiger charge is -2.11. The lowest BCUT2D eigenvalue weighted by Crippen LogP contribution is -2.34. The third kappa shape index (κ3) is 3.76. The molecule has 0 saturated heterocycles. The number of nitrogens with zero attached hydrogens (tertiary/aromatic N) is 3. The van der Waals surface area contributed by atoms with E-state index in [1.807, 2.05) is 38.2 Å². The molecule has 0 unspecified atom stereocenters. The highest BCUT2D eigenvalue weighted by molar-refractivity contribution is 5.92. The number of carbonyl (C=O) groups is 1. The Hall–Kier alpha value is -3.35. The van der Waals surface area contributed by atoms with Gasteiger partial charge in [-0.2, -0.15) is 10.2 Å². The molecule has 3 aromatic heterocycles. The van der Waals surface area contributed by atoms with Crippen LogP contribution >= 0.6 is 0 Å². The molecule has 0 bridgehead atoms. The van der Waals surface area contributed by atoms with Crippen molar-refractivity contribution in [3.05, 3.63) is 71.4 Å². The molecule has 1 aromatic carbocycles. The number of aryl methyl sites for hydroxylation is 1. The number of hydrogen-bond acceptors (Lipinski definition) is 3. The number of nitrogens with one attached hydrogen (secondary N) is 3. The summed E-state index contributed by atoms with van der Waals surface area (Å²) in [6.07, 6.45) is 2.71.